The number of unbranched alkanes of at least 4 members (excludes halogenated alkanes) is 1. The van der Waals surface area contributed by atoms with Gasteiger partial charge >= 0.3 is 0 Å². The SMILES string of the molecule is CCNC(=NCCCCC(C)(C)C)NCC.I. The molecule has 0 aliphatic carbocycles. The van der Waals surface area contributed by atoms with Gasteiger partial charge in [-0.15, -0.1) is 24.0 Å². The van der Waals surface area contributed by atoms with E-state index in [-0.39, 0.29) is 24.0 Å². The summed E-state index contributed by atoms with van der Waals surface area (Å²) in [6.45, 7) is 13.8. The maximum Gasteiger partial charge on any atom is 0.191 e. The van der Waals surface area contributed by atoms with E-state index in [4.69, 9.17) is 0 Å². The first-order valence-electron chi connectivity index (χ1n) is 6.51. The number of nitrogens with one attached hydrogen (secondary N) is 2. The molecule has 104 valence electrons. The molecule has 3 nitrogen and oxygen atoms in total. The number of rotatable bonds is 6. The van der Waals surface area contributed by atoms with Gasteiger partial charge in [-0.05, 0) is 32.1 Å². The van der Waals surface area contributed by atoms with Gasteiger partial charge < -0.3 is 10.6 Å². The summed E-state index contributed by atoms with van der Waals surface area (Å²) in [5.74, 6) is 0.945. The molecule has 0 aromatic rings. The molecule has 0 unspecified atom stereocenters. The van der Waals surface area contributed by atoms with Crippen molar-refractivity contribution in [1.29, 1.82) is 0 Å². The average Bonchev–Trinajstić information content (AvgIpc) is 2.16. The lowest BCUT2D eigenvalue weighted by atomic mass is 9.90. The molecule has 17 heavy (non-hydrogen) atoms. The van der Waals surface area contributed by atoms with Gasteiger partial charge in [0.2, 0.25) is 0 Å². The smallest absolute Gasteiger partial charge is 0.191 e. The Morgan fingerprint density at radius 3 is 1.94 bits per heavy atom. The van der Waals surface area contributed by atoms with E-state index in [0.717, 1.165) is 25.6 Å². The molecule has 0 radical (unpaired) electrons. The molecule has 0 heterocycles. The third-order valence-corrected chi connectivity index (χ3v) is 2.29. The van der Waals surface area contributed by atoms with E-state index in [9.17, 15) is 0 Å². The molecule has 0 aliphatic heterocycles. The van der Waals surface area contributed by atoms with E-state index < -0.39 is 0 Å². The third kappa shape index (κ3) is 13.9. The van der Waals surface area contributed by atoms with Crippen LogP contribution in [-0.2, 0) is 0 Å². The summed E-state index contributed by atoms with van der Waals surface area (Å²) in [5.41, 5.74) is 0.454. The quantitative estimate of drug-likeness (QED) is 0.332. The molecule has 4 heteroatoms. The Hall–Kier alpha value is 0. The lowest BCUT2D eigenvalue weighted by molar-refractivity contribution is 0.361. The molecular weight excluding hydrogens is 325 g/mol. The fraction of sp³-hybridized carbons (Fsp3) is 0.923. The predicted octanol–water partition coefficient (Wildman–Crippen LogP) is 3.40. The van der Waals surface area contributed by atoms with E-state index in [1.807, 2.05) is 0 Å². The molecule has 0 aliphatic rings. The van der Waals surface area contributed by atoms with Gasteiger partial charge in [-0.2, -0.15) is 0 Å². The lowest BCUT2D eigenvalue weighted by Gasteiger charge is -2.17. The number of nitrogens with zero attached hydrogens (tertiary/aromatic N) is 1. The van der Waals surface area contributed by atoms with Crippen LogP contribution in [0.15, 0.2) is 4.99 Å². The third-order valence-electron chi connectivity index (χ3n) is 2.29. The van der Waals surface area contributed by atoms with Crippen LogP contribution in [0.4, 0.5) is 0 Å². The van der Waals surface area contributed by atoms with Gasteiger partial charge in [-0.3, -0.25) is 4.99 Å². The minimum absolute atomic E-state index is 0. The maximum atomic E-state index is 4.52. The lowest BCUT2D eigenvalue weighted by Crippen LogP contribution is -2.37. The second kappa shape index (κ2) is 11.1. The van der Waals surface area contributed by atoms with Crippen LogP contribution in [0.1, 0.15) is 53.9 Å². The van der Waals surface area contributed by atoms with Gasteiger partial charge in [0, 0.05) is 19.6 Å². The van der Waals surface area contributed by atoms with Crippen molar-refractivity contribution in [2.45, 2.75) is 53.9 Å². The van der Waals surface area contributed by atoms with Crippen molar-refractivity contribution in [1.82, 2.24) is 10.6 Å². The van der Waals surface area contributed by atoms with Crippen molar-refractivity contribution in [2.75, 3.05) is 19.6 Å². The summed E-state index contributed by atoms with van der Waals surface area (Å²) in [5, 5.41) is 6.46. The minimum Gasteiger partial charge on any atom is -0.357 e. The van der Waals surface area contributed by atoms with E-state index in [1.54, 1.807) is 0 Å². The van der Waals surface area contributed by atoms with Gasteiger partial charge in [0.25, 0.3) is 0 Å². The zero-order valence-electron chi connectivity index (χ0n) is 12.1. The first-order chi connectivity index (χ1) is 7.49. The Bertz CT molecular complexity index is 189. The summed E-state index contributed by atoms with van der Waals surface area (Å²) >= 11 is 0. The van der Waals surface area contributed by atoms with Crippen molar-refractivity contribution in [2.24, 2.45) is 10.4 Å². The maximum absolute atomic E-state index is 4.52. The highest BCUT2D eigenvalue weighted by molar-refractivity contribution is 14.0. The monoisotopic (exact) mass is 355 g/mol. The molecule has 0 fully saturated rings. The summed E-state index contributed by atoms with van der Waals surface area (Å²) in [6.07, 6.45) is 3.72. The summed E-state index contributed by atoms with van der Waals surface area (Å²) in [6, 6.07) is 0. The number of guanidine groups is 1. The second-order valence-corrected chi connectivity index (χ2v) is 5.31. The first-order valence-corrected chi connectivity index (χ1v) is 6.51. The van der Waals surface area contributed by atoms with Gasteiger partial charge in [0.1, 0.15) is 0 Å². The van der Waals surface area contributed by atoms with Crippen molar-refractivity contribution in [3.8, 4) is 0 Å². The van der Waals surface area contributed by atoms with Crippen molar-refractivity contribution in [3.63, 3.8) is 0 Å². The minimum atomic E-state index is 0. The molecule has 0 atom stereocenters. The van der Waals surface area contributed by atoms with E-state index in [0.29, 0.717) is 5.41 Å². The van der Waals surface area contributed by atoms with Crippen LogP contribution in [0.25, 0.3) is 0 Å². The van der Waals surface area contributed by atoms with Crippen molar-refractivity contribution in [3.05, 3.63) is 0 Å². The van der Waals surface area contributed by atoms with Gasteiger partial charge in [-0.25, -0.2) is 0 Å². The van der Waals surface area contributed by atoms with Gasteiger partial charge in [0.15, 0.2) is 5.96 Å². The topological polar surface area (TPSA) is 36.4 Å². The van der Waals surface area contributed by atoms with Crippen molar-refractivity contribution < 1.29 is 0 Å². The van der Waals surface area contributed by atoms with Gasteiger partial charge in [0.05, 0.1) is 0 Å². The zero-order chi connectivity index (χ0) is 12.4. The Kier molecular flexibility index (Phi) is 12.6. The van der Waals surface area contributed by atoms with Crippen LogP contribution in [0.5, 0.6) is 0 Å². The van der Waals surface area contributed by atoms with E-state index >= 15 is 0 Å². The van der Waals surface area contributed by atoms with E-state index in [2.05, 4.69) is 50.2 Å². The second-order valence-electron chi connectivity index (χ2n) is 5.31. The Labute approximate surface area is 124 Å². The van der Waals surface area contributed by atoms with Crippen LogP contribution in [0, 0.1) is 5.41 Å². The number of hydrogen-bond acceptors (Lipinski definition) is 1. The average molecular weight is 355 g/mol. The molecule has 0 amide bonds. The molecule has 0 bridgehead atoms. The summed E-state index contributed by atoms with van der Waals surface area (Å²) < 4.78 is 0. The van der Waals surface area contributed by atoms with Crippen LogP contribution < -0.4 is 10.6 Å². The number of aliphatic imine (C=N–C) groups is 1. The first kappa shape index (κ1) is 19.3. The van der Waals surface area contributed by atoms with Crippen LogP contribution >= 0.6 is 24.0 Å². The highest BCUT2D eigenvalue weighted by Gasteiger charge is 2.08. The van der Waals surface area contributed by atoms with E-state index in [1.165, 1.54) is 19.3 Å². The largest absolute Gasteiger partial charge is 0.357 e. The fourth-order valence-electron chi connectivity index (χ4n) is 1.47. The van der Waals surface area contributed by atoms with Crippen LogP contribution in [0.2, 0.25) is 0 Å². The molecular formula is C13H30IN3. The molecule has 0 saturated heterocycles. The van der Waals surface area contributed by atoms with Crippen LogP contribution in [-0.4, -0.2) is 25.6 Å². The van der Waals surface area contributed by atoms with Crippen LogP contribution in [0.3, 0.4) is 0 Å². The highest BCUT2D eigenvalue weighted by Crippen LogP contribution is 2.21. The predicted molar refractivity (Wildman–Crippen MR) is 88.4 cm³/mol. The zero-order valence-corrected chi connectivity index (χ0v) is 14.4. The van der Waals surface area contributed by atoms with Crippen molar-refractivity contribution >= 4 is 29.9 Å². The number of hydrogen-bond donors (Lipinski definition) is 2. The highest BCUT2D eigenvalue weighted by atomic mass is 127. The summed E-state index contributed by atoms with van der Waals surface area (Å²) in [7, 11) is 0. The normalized spacial score (nSPS) is 10.4. The molecule has 0 spiro atoms. The standard InChI is InChI=1S/C13H29N3.HI/c1-6-14-12(15-7-2)16-11-9-8-10-13(3,4)5;/h6-11H2,1-5H3,(H2,14,15,16);1H. The molecule has 0 aromatic heterocycles. The molecule has 0 aromatic carbocycles. The Morgan fingerprint density at radius 1 is 1.00 bits per heavy atom. The molecule has 0 saturated carbocycles. The Balaban J connectivity index is 0. The molecule has 2 N–H and O–H groups in total. The fourth-order valence-corrected chi connectivity index (χ4v) is 1.47. The molecule has 0 rings (SSSR count). The number of halogens is 1. The summed E-state index contributed by atoms with van der Waals surface area (Å²) in [4.78, 5) is 4.52. The Morgan fingerprint density at radius 2 is 1.53 bits per heavy atom. The van der Waals surface area contributed by atoms with Gasteiger partial charge in [-0.1, -0.05) is 27.2 Å².